The smallest absolute Gasteiger partial charge is 0.417 e. The highest BCUT2D eigenvalue weighted by Crippen LogP contribution is 2.68. The molecule has 3 atom stereocenters. The monoisotopic (exact) mass is 332 g/mol. The zero-order chi connectivity index (χ0) is 17.3. The summed E-state index contributed by atoms with van der Waals surface area (Å²) in [6.07, 6.45) is -1.86. The van der Waals surface area contributed by atoms with E-state index in [0.717, 1.165) is 13.3 Å². The molecule has 3 nitrogen and oxygen atoms in total. The Morgan fingerprint density at radius 3 is 2.17 bits per heavy atom. The summed E-state index contributed by atoms with van der Waals surface area (Å²) >= 11 is 0. The Morgan fingerprint density at radius 1 is 1.22 bits per heavy atom. The van der Waals surface area contributed by atoms with E-state index >= 15 is 0 Å². The third kappa shape index (κ3) is 2.41. The minimum atomic E-state index is -4.70. The molecule has 130 valence electrons. The largest absolute Gasteiger partial charge is 0.456 e. The molecule has 0 heterocycles. The van der Waals surface area contributed by atoms with Crippen molar-refractivity contribution in [2.75, 3.05) is 0 Å². The van der Waals surface area contributed by atoms with Crippen LogP contribution < -0.4 is 0 Å². The lowest BCUT2D eigenvalue weighted by Gasteiger charge is -2.64. The minimum absolute atomic E-state index is 0.0722. The molecule has 4 aliphatic carbocycles. The van der Waals surface area contributed by atoms with E-state index in [9.17, 15) is 23.1 Å². The number of rotatable bonds is 3. The Bertz CT molecular complexity index is 536. The summed E-state index contributed by atoms with van der Waals surface area (Å²) in [5.74, 6) is -0.403. The third-order valence-electron chi connectivity index (χ3n) is 6.25. The molecule has 4 fully saturated rings. The first-order valence-electron chi connectivity index (χ1n) is 8.08. The molecule has 3 unspecified atom stereocenters. The van der Waals surface area contributed by atoms with Crippen molar-refractivity contribution in [3.8, 4) is 0 Å². The molecule has 0 aromatic heterocycles. The van der Waals surface area contributed by atoms with Crippen LogP contribution in [0.5, 0.6) is 0 Å². The molecular weight excluding hydrogens is 309 g/mol. The second-order valence-electron chi connectivity index (χ2n) is 8.16. The molecule has 4 bridgehead atoms. The van der Waals surface area contributed by atoms with Gasteiger partial charge in [-0.3, -0.25) is 0 Å². The molecule has 1 N–H and O–H groups in total. The molecule has 23 heavy (non-hydrogen) atoms. The highest BCUT2D eigenvalue weighted by molar-refractivity contribution is 5.87. The predicted molar refractivity (Wildman–Crippen MR) is 77.4 cm³/mol. The average Bonchev–Trinajstić information content (AvgIpc) is 2.34. The third-order valence-corrected chi connectivity index (χ3v) is 6.25. The van der Waals surface area contributed by atoms with E-state index in [4.69, 9.17) is 4.74 Å². The maximum Gasteiger partial charge on any atom is 0.417 e. The molecular formula is C17H23F3O3. The van der Waals surface area contributed by atoms with Crippen LogP contribution in [0.15, 0.2) is 12.2 Å². The van der Waals surface area contributed by atoms with Crippen molar-refractivity contribution in [3.05, 3.63) is 12.2 Å². The zero-order valence-electron chi connectivity index (χ0n) is 13.5. The van der Waals surface area contributed by atoms with Crippen LogP contribution in [0.25, 0.3) is 0 Å². The first kappa shape index (κ1) is 16.8. The van der Waals surface area contributed by atoms with Crippen LogP contribution in [0, 0.1) is 17.3 Å². The molecule has 0 radical (unpaired) electrons. The fourth-order valence-electron chi connectivity index (χ4n) is 5.45. The highest BCUT2D eigenvalue weighted by Gasteiger charge is 2.71. The van der Waals surface area contributed by atoms with Crippen LogP contribution in [-0.4, -0.2) is 28.5 Å². The molecule has 0 aromatic rings. The maximum atomic E-state index is 13.5. The van der Waals surface area contributed by atoms with Crippen molar-refractivity contribution >= 4 is 5.97 Å². The second-order valence-corrected chi connectivity index (χ2v) is 8.16. The number of aliphatic hydroxyl groups is 1. The van der Waals surface area contributed by atoms with Gasteiger partial charge in [-0.1, -0.05) is 6.58 Å². The number of carbonyl (C=O) groups excluding carboxylic acids is 1. The van der Waals surface area contributed by atoms with E-state index < -0.39 is 28.8 Å². The van der Waals surface area contributed by atoms with Gasteiger partial charge in [0.15, 0.2) is 5.60 Å². The Balaban J connectivity index is 1.96. The molecule has 0 amide bonds. The van der Waals surface area contributed by atoms with E-state index in [2.05, 4.69) is 6.58 Å². The standard InChI is InChI=1S/C17H23F3O3/c1-10(2)13(21)23-16-7-11-4-12(8-16)6-15(5-11,9-16)14(3,22)17(18,19)20/h11-12,22H,1,4-9H2,2-3H3. The van der Waals surface area contributed by atoms with Crippen molar-refractivity contribution in [3.63, 3.8) is 0 Å². The van der Waals surface area contributed by atoms with Crippen LogP contribution in [0.4, 0.5) is 13.2 Å². The van der Waals surface area contributed by atoms with E-state index in [0.29, 0.717) is 25.7 Å². The van der Waals surface area contributed by atoms with Gasteiger partial charge in [-0.15, -0.1) is 0 Å². The number of ether oxygens (including phenoxy) is 1. The van der Waals surface area contributed by atoms with Gasteiger partial charge in [0.2, 0.25) is 0 Å². The number of hydrogen-bond donors (Lipinski definition) is 1. The molecule has 4 aliphatic rings. The molecule has 0 spiro atoms. The summed E-state index contributed by atoms with van der Waals surface area (Å²) in [6, 6.07) is 0. The van der Waals surface area contributed by atoms with Gasteiger partial charge in [0.1, 0.15) is 5.60 Å². The first-order valence-corrected chi connectivity index (χ1v) is 8.08. The summed E-state index contributed by atoms with van der Waals surface area (Å²) in [4.78, 5) is 12.0. The summed E-state index contributed by atoms with van der Waals surface area (Å²) in [5.41, 5.74) is -4.66. The number of halogens is 3. The lowest BCUT2D eigenvalue weighted by Crippen LogP contribution is -2.67. The van der Waals surface area contributed by atoms with Gasteiger partial charge < -0.3 is 9.84 Å². The lowest BCUT2D eigenvalue weighted by atomic mass is 9.44. The maximum absolute atomic E-state index is 13.5. The van der Waals surface area contributed by atoms with Crippen LogP contribution >= 0.6 is 0 Å². The van der Waals surface area contributed by atoms with Crippen LogP contribution in [0.3, 0.4) is 0 Å². The fourth-order valence-corrected chi connectivity index (χ4v) is 5.45. The molecule has 0 saturated heterocycles. The van der Waals surface area contributed by atoms with Gasteiger partial charge in [-0.2, -0.15) is 13.2 Å². The van der Waals surface area contributed by atoms with E-state index in [1.165, 1.54) is 6.92 Å². The lowest BCUT2D eigenvalue weighted by molar-refractivity contribution is -0.330. The average molecular weight is 332 g/mol. The number of alkyl halides is 3. The molecule has 4 saturated carbocycles. The molecule has 0 aromatic carbocycles. The van der Waals surface area contributed by atoms with E-state index in [1.807, 2.05) is 0 Å². The molecule has 4 rings (SSSR count). The summed E-state index contributed by atoms with van der Waals surface area (Å²) in [5, 5.41) is 10.4. The Labute approximate surface area is 133 Å². The van der Waals surface area contributed by atoms with Crippen molar-refractivity contribution in [1.82, 2.24) is 0 Å². The molecule has 0 aliphatic heterocycles. The normalized spacial score (nSPS) is 41.5. The van der Waals surface area contributed by atoms with Crippen molar-refractivity contribution in [2.45, 2.75) is 69.8 Å². The quantitative estimate of drug-likeness (QED) is 0.632. The fraction of sp³-hybridized carbons (Fsp3) is 0.824. The Hall–Kier alpha value is -1.04. The first-order chi connectivity index (χ1) is 10.4. The second kappa shape index (κ2) is 4.74. The number of carbonyl (C=O) groups is 1. The predicted octanol–water partition coefficient (Wildman–Crippen LogP) is 3.76. The van der Waals surface area contributed by atoms with Gasteiger partial charge in [0.05, 0.1) is 0 Å². The summed E-state index contributed by atoms with van der Waals surface area (Å²) in [7, 11) is 0. The topological polar surface area (TPSA) is 46.5 Å². The SMILES string of the molecule is C=C(C)C(=O)OC12CC3CC(C1)CC(C(C)(O)C(F)(F)F)(C3)C2. The van der Waals surface area contributed by atoms with Crippen LogP contribution in [0.2, 0.25) is 0 Å². The van der Waals surface area contributed by atoms with Crippen LogP contribution in [0.1, 0.15) is 52.4 Å². The Morgan fingerprint density at radius 2 is 1.74 bits per heavy atom. The van der Waals surface area contributed by atoms with E-state index in [1.54, 1.807) is 0 Å². The van der Waals surface area contributed by atoms with Crippen molar-refractivity contribution in [2.24, 2.45) is 17.3 Å². The van der Waals surface area contributed by atoms with Crippen molar-refractivity contribution < 1.29 is 27.8 Å². The van der Waals surface area contributed by atoms with Gasteiger partial charge in [-0.25, -0.2) is 4.79 Å². The number of esters is 1. The van der Waals surface area contributed by atoms with Gasteiger partial charge in [0, 0.05) is 11.0 Å². The number of hydrogen-bond acceptors (Lipinski definition) is 3. The zero-order valence-corrected chi connectivity index (χ0v) is 13.5. The van der Waals surface area contributed by atoms with Gasteiger partial charge in [-0.05, 0) is 64.2 Å². The van der Waals surface area contributed by atoms with Crippen LogP contribution in [-0.2, 0) is 9.53 Å². The van der Waals surface area contributed by atoms with E-state index in [-0.39, 0.29) is 23.8 Å². The Kier molecular flexibility index (Phi) is 3.47. The summed E-state index contributed by atoms with van der Waals surface area (Å²) in [6.45, 7) is 5.97. The minimum Gasteiger partial charge on any atom is -0.456 e. The van der Waals surface area contributed by atoms with Gasteiger partial charge in [0.25, 0.3) is 0 Å². The van der Waals surface area contributed by atoms with Crippen molar-refractivity contribution in [1.29, 1.82) is 0 Å². The highest BCUT2D eigenvalue weighted by atomic mass is 19.4. The van der Waals surface area contributed by atoms with Gasteiger partial charge >= 0.3 is 12.1 Å². The molecule has 6 heteroatoms. The summed E-state index contributed by atoms with van der Waals surface area (Å²) < 4.78 is 46.1.